The van der Waals surface area contributed by atoms with Crippen LogP contribution in [-0.2, 0) is 4.74 Å². The highest BCUT2D eigenvalue weighted by Gasteiger charge is 2.32. The van der Waals surface area contributed by atoms with Crippen LogP contribution in [-0.4, -0.2) is 28.7 Å². The van der Waals surface area contributed by atoms with Gasteiger partial charge in [0.1, 0.15) is 0 Å². The van der Waals surface area contributed by atoms with Crippen LogP contribution in [0.25, 0.3) is 0 Å². The van der Waals surface area contributed by atoms with E-state index in [0.29, 0.717) is 25.9 Å². The van der Waals surface area contributed by atoms with Gasteiger partial charge in [-0.1, -0.05) is 6.92 Å². The first-order valence-corrected chi connectivity index (χ1v) is 3.71. The molecule has 60 valence electrons. The number of hydrogen-bond donors (Lipinski definition) is 2. The van der Waals surface area contributed by atoms with Crippen LogP contribution in [0.15, 0.2) is 0 Å². The van der Waals surface area contributed by atoms with Crippen LogP contribution in [0.2, 0.25) is 0 Å². The zero-order valence-electron chi connectivity index (χ0n) is 6.21. The topological polar surface area (TPSA) is 49.7 Å². The summed E-state index contributed by atoms with van der Waals surface area (Å²) in [5.74, 6) is -1.06. The van der Waals surface area contributed by atoms with Crippen molar-refractivity contribution in [1.29, 1.82) is 0 Å². The van der Waals surface area contributed by atoms with E-state index in [0.717, 1.165) is 0 Å². The van der Waals surface area contributed by atoms with Crippen molar-refractivity contribution in [2.75, 3.05) is 6.61 Å². The molecule has 3 heteroatoms. The first kappa shape index (κ1) is 7.98. The summed E-state index contributed by atoms with van der Waals surface area (Å²) in [6.45, 7) is 2.31. The maximum Gasteiger partial charge on any atom is 0.167 e. The van der Waals surface area contributed by atoms with E-state index in [2.05, 4.69) is 0 Å². The number of ether oxygens (including phenoxy) is 1. The van der Waals surface area contributed by atoms with Crippen LogP contribution >= 0.6 is 0 Å². The summed E-state index contributed by atoms with van der Waals surface area (Å²) in [7, 11) is 0. The molecule has 1 aliphatic rings. The lowest BCUT2D eigenvalue weighted by molar-refractivity contribution is -0.244. The monoisotopic (exact) mass is 146 g/mol. The molecule has 10 heavy (non-hydrogen) atoms. The molecule has 2 atom stereocenters. The summed E-state index contributed by atoms with van der Waals surface area (Å²) in [4.78, 5) is 0. The third-order valence-corrected chi connectivity index (χ3v) is 1.93. The second-order valence-electron chi connectivity index (χ2n) is 2.79. The van der Waals surface area contributed by atoms with Crippen molar-refractivity contribution in [3.63, 3.8) is 0 Å². The molecule has 0 spiro atoms. The molecule has 2 N–H and O–H groups in total. The molecule has 0 saturated carbocycles. The Kier molecular flexibility index (Phi) is 2.28. The van der Waals surface area contributed by atoms with E-state index in [-0.39, 0.29) is 0 Å². The van der Waals surface area contributed by atoms with E-state index in [4.69, 9.17) is 9.84 Å². The Morgan fingerprint density at radius 3 is 2.80 bits per heavy atom. The lowest BCUT2D eigenvalue weighted by Crippen LogP contribution is -2.41. The van der Waals surface area contributed by atoms with E-state index in [9.17, 15) is 5.11 Å². The predicted octanol–water partition coefficient (Wildman–Crippen LogP) is 0.256. The minimum Gasteiger partial charge on any atom is -0.393 e. The Morgan fingerprint density at radius 1 is 1.70 bits per heavy atom. The average molecular weight is 146 g/mol. The Labute approximate surface area is 60.6 Å². The largest absolute Gasteiger partial charge is 0.393 e. The summed E-state index contributed by atoms with van der Waals surface area (Å²) >= 11 is 0. The Hall–Kier alpha value is -0.120. The zero-order valence-corrected chi connectivity index (χ0v) is 6.21. The smallest absolute Gasteiger partial charge is 0.167 e. The average Bonchev–Trinajstić information content (AvgIpc) is 1.88. The molecule has 1 fully saturated rings. The Balaban J connectivity index is 2.45. The lowest BCUT2D eigenvalue weighted by atomic mass is 10.0. The maximum atomic E-state index is 9.47. The van der Waals surface area contributed by atoms with E-state index in [1.165, 1.54) is 0 Å². The highest BCUT2D eigenvalue weighted by molar-refractivity contribution is 4.75. The van der Waals surface area contributed by atoms with Crippen LogP contribution < -0.4 is 0 Å². The molecule has 0 radical (unpaired) electrons. The van der Waals surface area contributed by atoms with Gasteiger partial charge in [0.25, 0.3) is 0 Å². The maximum absolute atomic E-state index is 9.47. The molecule has 1 heterocycles. The van der Waals surface area contributed by atoms with Gasteiger partial charge >= 0.3 is 0 Å². The van der Waals surface area contributed by atoms with Crippen LogP contribution in [0.5, 0.6) is 0 Å². The number of hydrogen-bond acceptors (Lipinski definition) is 3. The molecule has 0 aromatic rings. The van der Waals surface area contributed by atoms with Crippen molar-refractivity contribution in [1.82, 2.24) is 0 Å². The van der Waals surface area contributed by atoms with Gasteiger partial charge in [-0.3, -0.25) is 0 Å². The van der Waals surface area contributed by atoms with Crippen molar-refractivity contribution >= 4 is 0 Å². The van der Waals surface area contributed by atoms with Crippen molar-refractivity contribution < 1.29 is 14.9 Å². The Bertz CT molecular complexity index is 115. The summed E-state index contributed by atoms with van der Waals surface area (Å²) in [5, 5.41) is 18.6. The van der Waals surface area contributed by atoms with Gasteiger partial charge in [0, 0.05) is 6.42 Å². The normalized spacial score (nSPS) is 41.7. The Morgan fingerprint density at radius 2 is 2.40 bits per heavy atom. The molecule has 0 aliphatic carbocycles. The van der Waals surface area contributed by atoms with Gasteiger partial charge in [0.15, 0.2) is 5.79 Å². The third kappa shape index (κ3) is 1.68. The standard InChI is InChI=1S/C7H14O3/c1-2-7(9)5-6(8)3-4-10-7/h6,8-9H,2-5H2,1H3. The van der Waals surface area contributed by atoms with Crippen molar-refractivity contribution in [3.8, 4) is 0 Å². The van der Waals surface area contributed by atoms with E-state index < -0.39 is 11.9 Å². The second kappa shape index (κ2) is 2.86. The molecule has 3 nitrogen and oxygen atoms in total. The van der Waals surface area contributed by atoms with Crippen molar-refractivity contribution in [3.05, 3.63) is 0 Å². The molecule has 0 aromatic heterocycles. The van der Waals surface area contributed by atoms with Crippen molar-refractivity contribution in [2.24, 2.45) is 0 Å². The fourth-order valence-electron chi connectivity index (χ4n) is 1.16. The van der Waals surface area contributed by atoms with Gasteiger partial charge in [0.05, 0.1) is 12.7 Å². The van der Waals surface area contributed by atoms with E-state index >= 15 is 0 Å². The third-order valence-electron chi connectivity index (χ3n) is 1.93. The highest BCUT2D eigenvalue weighted by Crippen LogP contribution is 2.24. The minimum absolute atomic E-state index is 0.351. The molecule has 1 rings (SSSR count). The molecular weight excluding hydrogens is 132 g/mol. The predicted molar refractivity (Wildman–Crippen MR) is 36.4 cm³/mol. The van der Waals surface area contributed by atoms with Crippen molar-refractivity contribution in [2.45, 2.75) is 38.1 Å². The van der Waals surface area contributed by atoms with Gasteiger partial charge in [-0.15, -0.1) is 0 Å². The zero-order chi connectivity index (χ0) is 7.61. The summed E-state index contributed by atoms with van der Waals surface area (Å²) in [6.07, 6.45) is 1.15. The molecule has 1 aliphatic heterocycles. The second-order valence-corrected chi connectivity index (χ2v) is 2.79. The molecule has 2 unspecified atom stereocenters. The summed E-state index contributed by atoms with van der Waals surface area (Å²) in [6, 6.07) is 0. The van der Waals surface area contributed by atoms with Crippen LogP contribution in [0.1, 0.15) is 26.2 Å². The quantitative estimate of drug-likeness (QED) is 0.557. The van der Waals surface area contributed by atoms with Gasteiger partial charge in [-0.25, -0.2) is 0 Å². The molecular formula is C7H14O3. The van der Waals surface area contributed by atoms with Gasteiger partial charge < -0.3 is 14.9 Å². The molecule has 0 amide bonds. The number of aliphatic hydroxyl groups excluding tert-OH is 1. The van der Waals surface area contributed by atoms with Gasteiger partial charge in [-0.05, 0) is 12.8 Å². The van der Waals surface area contributed by atoms with E-state index in [1.54, 1.807) is 0 Å². The minimum atomic E-state index is -1.06. The fraction of sp³-hybridized carbons (Fsp3) is 1.00. The lowest BCUT2D eigenvalue weighted by Gasteiger charge is -2.33. The number of aliphatic hydroxyl groups is 2. The SMILES string of the molecule is CCC1(O)CC(O)CCO1. The molecule has 0 aromatic carbocycles. The summed E-state index contributed by atoms with van der Waals surface area (Å²) < 4.78 is 5.08. The summed E-state index contributed by atoms with van der Waals surface area (Å²) in [5.41, 5.74) is 0. The molecule has 0 bridgehead atoms. The first-order chi connectivity index (χ1) is 4.66. The van der Waals surface area contributed by atoms with Crippen LogP contribution in [0.3, 0.4) is 0 Å². The fourth-order valence-corrected chi connectivity index (χ4v) is 1.16. The van der Waals surface area contributed by atoms with Gasteiger partial charge in [-0.2, -0.15) is 0 Å². The van der Waals surface area contributed by atoms with Gasteiger partial charge in [0.2, 0.25) is 0 Å². The number of rotatable bonds is 1. The molecule has 1 saturated heterocycles. The van der Waals surface area contributed by atoms with Crippen LogP contribution in [0, 0.1) is 0 Å². The van der Waals surface area contributed by atoms with Crippen LogP contribution in [0.4, 0.5) is 0 Å². The van der Waals surface area contributed by atoms with E-state index in [1.807, 2.05) is 6.92 Å². The first-order valence-electron chi connectivity index (χ1n) is 3.71. The highest BCUT2D eigenvalue weighted by atomic mass is 16.6.